The highest BCUT2D eigenvalue weighted by atomic mass is 16.3. The molecule has 0 aromatic heterocycles. The molecular formula is C25H44O. The molecule has 0 spiro atoms. The van der Waals surface area contributed by atoms with Gasteiger partial charge in [-0.1, -0.05) is 106 Å². The average molecular weight is 361 g/mol. The molecule has 1 aromatic carbocycles. The van der Waals surface area contributed by atoms with Crippen LogP contribution in [0.2, 0.25) is 0 Å². The Labute approximate surface area is 163 Å². The third-order valence-electron chi connectivity index (χ3n) is 5.53. The van der Waals surface area contributed by atoms with Gasteiger partial charge < -0.3 is 5.11 Å². The van der Waals surface area contributed by atoms with Crippen LogP contribution in [0.1, 0.15) is 117 Å². The Kier molecular flexibility index (Phi) is 8.70. The van der Waals surface area contributed by atoms with Gasteiger partial charge in [0, 0.05) is 0 Å². The normalized spacial score (nSPS) is 13.8. The summed E-state index contributed by atoms with van der Waals surface area (Å²) < 4.78 is 0. The standard InChI is InChI=1S/C25H44O/c1-9-11-14-19(13-10-2)15-12-16-20-17-21(24(3,4)5)23(26)22(18-20)25(6,7)8/h17-19,26H,9-16H2,1-8H3. The summed E-state index contributed by atoms with van der Waals surface area (Å²) in [5.41, 5.74) is 3.51. The molecule has 0 saturated carbocycles. The number of hydrogen-bond donors (Lipinski definition) is 1. The van der Waals surface area contributed by atoms with E-state index in [1.165, 1.54) is 50.5 Å². The molecule has 26 heavy (non-hydrogen) atoms. The van der Waals surface area contributed by atoms with Gasteiger partial charge in [0.15, 0.2) is 0 Å². The topological polar surface area (TPSA) is 20.2 Å². The molecule has 1 aromatic rings. The predicted octanol–water partition coefficient (Wildman–Crippen LogP) is 7.92. The third kappa shape index (κ3) is 6.97. The highest BCUT2D eigenvalue weighted by Gasteiger charge is 2.26. The van der Waals surface area contributed by atoms with Crippen molar-refractivity contribution < 1.29 is 5.11 Å². The lowest BCUT2D eigenvalue weighted by Crippen LogP contribution is -2.18. The predicted molar refractivity (Wildman–Crippen MR) is 116 cm³/mol. The summed E-state index contributed by atoms with van der Waals surface area (Å²) in [5, 5.41) is 10.9. The Morgan fingerprint density at radius 1 is 0.769 bits per heavy atom. The molecule has 0 aliphatic heterocycles. The van der Waals surface area contributed by atoms with Crippen LogP contribution >= 0.6 is 0 Å². The van der Waals surface area contributed by atoms with E-state index in [0.717, 1.165) is 23.5 Å². The van der Waals surface area contributed by atoms with E-state index in [4.69, 9.17) is 0 Å². The lowest BCUT2D eigenvalue weighted by molar-refractivity contribution is 0.391. The van der Waals surface area contributed by atoms with Crippen LogP contribution in [0.5, 0.6) is 5.75 Å². The lowest BCUT2D eigenvalue weighted by Gasteiger charge is -2.28. The minimum absolute atomic E-state index is 0.0357. The fraction of sp³-hybridized carbons (Fsp3) is 0.760. The Bertz CT molecular complexity index is 507. The molecule has 1 nitrogen and oxygen atoms in total. The maximum Gasteiger partial charge on any atom is 0.123 e. The number of phenols is 1. The van der Waals surface area contributed by atoms with Crippen LogP contribution in [-0.2, 0) is 17.3 Å². The summed E-state index contributed by atoms with van der Waals surface area (Å²) in [6, 6.07) is 4.51. The van der Waals surface area contributed by atoms with Crippen molar-refractivity contribution in [2.75, 3.05) is 0 Å². The van der Waals surface area contributed by atoms with Gasteiger partial charge in [0.2, 0.25) is 0 Å². The fourth-order valence-corrected chi connectivity index (χ4v) is 3.91. The van der Waals surface area contributed by atoms with Crippen LogP contribution < -0.4 is 0 Å². The second-order valence-electron chi connectivity index (χ2n) is 10.2. The van der Waals surface area contributed by atoms with Crippen molar-refractivity contribution in [2.45, 2.75) is 118 Å². The van der Waals surface area contributed by atoms with E-state index >= 15 is 0 Å². The number of hydrogen-bond acceptors (Lipinski definition) is 1. The van der Waals surface area contributed by atoms with E-state index in [2.05, 4.69) is 67.5 Å². The van der Waals surface area contributed by atoms with E-state index < -0.39 is 0 Å². The van der Waals surface area contributed by atoms with Crippen molar-refractivity contribution in [3.63, 3.8) is 0 Å². The summed E-state index contributed by atoms with van der Waals surface area (Å²) in [7, 11) is 0. The summed E-state index contributed by atoms with van der Waals surface area (Å²) in [5.74, 6) is 1.39. The zero-order chi connectivity index (χ0) is 20.0. The van der Waals surface area contributed by atoms with Crippen LogP contribution in [0.3, 0.4) is 0 Å². The van der Waals surface area contributed by atoms with Crippen molar-refractivity contribution in [3.8, 4) is 5.75 Å². The maximum atomic E-state index is 10.9. The molecule has 0 radical (unpaired) electrons. The molecule has 0 bridgehead atoms. The van der Waals surface area contributed by atoms with Crippen LogP contribution in [-0.4, -0.2) is 5.11 Å². The van der Waals surface area contributed by atoms with Gasteiger partial charge in [-0.25, -0.2) is 0 Å². The largest absolute Gasteiger partial charge is 0.507 e. The number of aromatic hydroxyl groups is 1. The molecule has 0 fully saturated rings. The van der Waals surface area contributed by atoms with Gasteiger partial charge in [0.05, 0.1) is 0 Å². The molecule has 1 atom stereocenters. The first kappa shape index (κ1) is 23.1. The van der Waals surface area contributed by atoms with Crippen molar-refractivity contribution in [1.29, 1.82) is 0 Å². The Morgan fingerprint density at radius 2 is 1.27 bits per heavy atom. The maximum absolute atomic E-state index is 10.9. The quantitative estimate of drug-likeness (QED) is 0.474. The van der Waals surface area contributed by atoms with Crippen molar-refractivity contribution in [1.82, 2.24) is 0 Å². The van der Waals surface area contributed by atoms with Gasteiger partial charge >= 0.3 is 0 Å². The average Bonchev–Trinajstić information content (AvgIpc) is 2.51. The van der Waals surface area contributed by atoms with Crippen molar-refractivity contribution in [2.24, 2.45) is 5.92 Å². The second kappa shape index (κ2) is 9.81. The minimum atomic E-state index is -0.0357. The SMILES string of the molecule is CCCCC(CCC)CCCc1cc(C(C)(C)C)c(O)c(C(C)(C)C)c1. The Hall–Kier alpha value is -0.980. The molecule has 1 N–H and O–H groups in total. The molecular weight excluding hydrogens is 316 g/mol. The molecule has 150 valence electrons. The zero-order valence-electron chi connectivity index (χ0n) is 18.8. The molecule has 0 saturated heterocycles. The van der Waals surface area contributed by atoms with Gasteiger partial charge in [0.1, 0.15) is 5.75 Å². The molecule has 0 aliphatic rings. The summed E-state index contributed by atoms with van der Waals surface area (Å²) in [6.45, 7) is 17.8. The van der Waals surface area contributed by atoms with Gasteiger partial charge in [-0.05, 0) is 46.3 Å². The summed E-state index contributed by atoms with van der Waals surface area (Å²) >= 11 is 0. The molecule has 0 aliphatic carbocycles. The smallest absolute Gasteiger partial charge is 0.123 e. The molecule has 1 heteroatoms. The van der Waals surface area contributed by atoms with Crippen LogP contribution in [0.25, 0.3) is 0 Å². The Morgan fingerprint density at radius 3 is 1.69 bits per heavy atom. The van der Waals surface area contributed by atoms with Crippen molar-refractivity contribution in [3.05, 3.63) is 28.8 Å². The van der Waals surface area contributed by atoms with Crippen molar-refractivity contribution >= 4 is 0 Å². The van der Waals surface area contributed by atoms with E-state index in [0.29, 0.717) is 5.75 Å². The first-order valence-corrected chi connectivity index (χ1v) is 10.9. The monoisotopic (exact) mass is 360 g/mol. The Balaban J connectivity index is 2.95. The lowest BCUT2D eigenvalue weighted by atomic mass is 9.78. The fourth-order valence-electron chi connectivity index (χ4n) is 3.91. The third-order valence-corrected chi connectivity index (χ3v) is 5.53. The number of rotatable bonds is 9. The molecule has 0 amide bonds. The van der Waals surface area contributed by atoms with Gasteiger partial charge in [0.25, 0.3) is 0 Å². The number of unbranched alkanes of at least 4 members (excludes halogenated alkanes) is 1. The van der Waals surface area contributed by atoms with Crippen LogP contribution in [0.15, 0.2) is 12.1 Å². The highest BCUT2D eigenvalue weighted by molar-refractivity contribution is 5.49. The van der Waals surface area contributed by atoms with Gasteiger partial charge in [-0.15, -0.1) is 0 Å². The number of benzene rings is 1. The number of phenolic OH excluding ortho intramolecular Hbond substituents is 1. The highest BCUT2D eigenvalue weighted by Crippen LogP contribution is 2.40. The minimum Gasteiger partial charge on any atom is -0.507 e. The number of aryl methyl sites for hydroxylation is 1. The first-order chi connectivity index (χ1) is 12.0. The van der Waals surface area contributed by atoms with E-state index in [1.807, 2.05) is 0 Å². The first-order valence-electron chi connectivity index (χ1n) is 10.9. The van der Waals surface area contributed by atoms with Gasteiger partial charge in [-0.3, -0.25) is 0 Å². The zero-order valence-corrected chi connectivity index (χ0v) is 18.8. The second-order valence-corrected chi connectivity index (χ2v) is 10.2. The van der Waals surface area contributed by atoms with E-state index in [1.54, 1.807) is 0 Å². The summed E-state index contributed by atoms with van der Waals surface area (Å²) in [4.78, 5) is 0. The van der Waals surface area contributed by atoms with E-state index in [9.17, 15) is 5.11 Å². The van der Waals surface area contributed by atoms with Crippen LogP contribution in [0, 0.1) is 5.92 Å². The van der Waals surface area contributed by atoms with Gasteiger partial charge in [-0.2, -0.15) is 0 Å². The molecule has 1 rings (SSSR count). The van der Waals surface area contributed by atoms with Crippen LogP contribution in [0.4, 0.5) is 0 Å². The molecule has 1 unspecified atom stereocenters. The summed E-state index contributed by atoms with van der Waals surface area (Å²) in [6.07, 6.45) is 10.5. The van der Waals surface area contributed by atoms with E-state index in [-0.39, 0.29) is 10.8 Å². The molecule has 0 heterocycles.